The Hall–Kier alpha value is -1.69. The van der Waals surface area contributed by atoms with Gasteiger partial charge in [0, 0.05) is 23.3 Å². The number of hydrogen-bond acceptors (Lipinski definition) is 3. The third-order valence-electron chi connectivity index (χ3n) is 3.41. The number of piperidine rings is 1. The summed E-state index contributed by atoms with van der Waals surface area (Å²) in [7, 11) is 1.83. The van der Waals surface area contributed by atoms with Gasteiger partial charge in [-0.2, -0.15) is 5.10 Å². The van der Waals surface area contributed by atoms with E-state index in [2.05, 4.69) is 26.3 Å². The van der Waals surface area contributed by atoms with Crippen LogP contribution in [0.3, 0.4) is 0 Å². The van der Waals surface area contributed by atoms with E-state index in [1.807, 2.05) is 25.2 Å². The smallest absolute Gasteiger partial charge is 0.235 e. The number of hydrogen-bond donors (Lipinski definition) is 1. The van der Waals surface area contributed by atoms with Gasteiger partial charge in [0.25, 0.3) is 0 Å². The number of aromatic nitrogens is 2. The molecule has 1 saturated heterocycles. The Morgan fingerprint density at radius 1 is 1.42 bits per heavy atom. The highest BCUT2D eigenvalue weighted by atomic mass is 79.9. The van der Waals surface area contributed by atoms with Gasteiger partial charge in [-0.05, 0) is 24.6 Å². The highest BCUT2D eigenvalue weighted by Gasteiger charge is 2.31. The molecule has 0 aliphatic carbocycles. The van der Waals surface area contributed by atoms with Crippen LogP contribution in [0.5, 0.6) is 0 Å². The van der Waals surface area contributed by atoms with Gasteiger partial charge < -0.3 is 0 Å². The molecule has 1 atom stereocenters. The van der Waals surface area contributed by atoms with Gasteiger partial charge in [-0.3, -0.25) is 19.6 Å². The predicted molar refractivity (Wildman–Crippen MR) is 73.5 cm³/mol. The van der Waals surface area contributed by atoms with E-state index in [1.165, 1.54) is 0 Å². The number of aryl methyl sites for hydroxylation is 1. The molecule has 1 aromatic heterocycles. The molecule has 1 aliphatic rings. The van der Waals surface area contributed by atoms with Crippen molar-refractivity contribution in [2.45, 2.75) is 18.8 Å². The third-order valence-corrected chi connectivity index (χ3v) is 3.90. The van der Waals surface area contributed by atoms with Crippen LogP contribution >= 0.6 is 15.9 Å². The Balaban J connectivity index is 2.12. The first-order chi connectivity index (χ1) is 9.06. The van der Waals surface area contributed by atoms with Crippen molar-refractivity contribution in [3.63, 3.8) is 0 Å². The Morgan fingerprint density at radius 2 is 2.21 bits per heavy atom. The molecule has 3 rings (SSSR count). The molecule has 98 valence electrons. The van der Waals surface area contributed by atoms with E-state index in [-0.39, 0.29) is 17.7 Å². The molecule has 0 bridgehead atoms. The van der Waals surface area contributed by atoms with Crippen molar-refractivity contribution in [2.75, 3.05) is 0 Å². The van der Waals surface area contributed by atoms with E-state index >= 15 is 0 Å². The molecule has 2 heterocycles. The maximum atomic E-state index is 12.0. The normalized spacial score (nSPS) is 19.8. The topological polar surface area (TPSA) is 64.0 Å². The minimum atomic E-state index is -0.311. The Bertz CT molecular complexity index is 692. The SMILES string of the molecule is Cn1nc2cc(Br)ccc2c1C1CCC(=O)NC1=O. The van der Waals surface area contributed by atoms with Crippen molar-refractivity contribution in [3.05, 3.63) is 28.4 Å². The standard InChI is InChI=1S/C13H12BrN3O2/c1-17-12(9-4-5-11(18)15-13(9)19)8-3-2-7(14)6-10(8)16-17/h2-3,6,9H,4-5H2,1H3,(H,15,18,19). The van der Waals surface area contributed by atoms with E-state index < -0.39 is 0 Å². The molecular weight excluding hydrogens is 310 g/mol. The van der Waals surface area contributed by atoms with Crippen LogP contribution < -0.4 is 5.32 Å². The van der Waals surface area contributed by atoms with Crippen LogP contribution in [0.15, 0.2) is 22.7 Å². The summed E-state index contributed by atoms with van der Waals surface area (Å²) in [4.78, 5) is 23.2. The average Bonchev–Trinajstić information content (AvgIpc) is 2.65. The minimum absolute atomic E-state index is 0.199. The molecule has 1 aliphatic heterocycles. The van der Waals surface area contributed by atoms with Gasteiger partial charge in [-0.15, -0.1) is 0 Å². The lowest BCUT2D eigenvalue weighted by molar-refractivity contribution is -0.134. The van der Waals surface area contributed by atoms with E-state index in [0.29, 0.717) is 12.8 Å². The number of imide groups is 1. The fourth-order valence-electron chi connectivity index (χ4n) is 2.56. The predicted octanol–water partition coefficient (Wildman–Crippen LogP) is 1.86. The Kier molecular flexibility index (Phi) is 2.89. The molecule has 0 saturated carbocycles. The molecular formula is C13H12BrN3O2. The highest BCUT2D eigenvalue weighted by Crippen LogP contribution is 2.31. The zero-order chi connectivity index (χ0) is 13.6. The average molecular weight is 322 g/mol. The number of nitrogens with zero attached hydrogens (tertiary/aromatic N) is 2. The van der Waals surface area contributed by atoms with Crippen molar-refractivity contribution in [3.8, 4) is 0 Å². The van der Waals surface area contributed by atoms with Gasteiger partial charge in [0.2, 0.25) is 11.8 Å². The first-order valence-corrected chi connectivity index (χ1v) is 6.81. The van der Waals surface area contributed by atoms with E-state index in [9.17, 15) is 9.59 Å². The number of carbonyl (C=O) groups excluding carboxylic acids is 2. The second-order valence-electron chi connectivity index (χ2n) is 4.67. The van der Waals surface area contributed by atoms with Crippen molar-refractivity contribution in [1.29, 1.82) is 0 Å². The van der Waals surface area contributed by atoms with Crippen LogP contribution in [0.1, 0.15) is 24.5 Å². The number of benzene rings is 1. The maximum absolute atomic E-state index is 12.0. The fourth-order valence-corrected chi connectivity index (χ4v) is 2.91. The summed E-state index contributed by atoms with van der Waals surface area (Å²) in [6.07, 6.45) is 0.912. The summed E-state index contributed by atoms with van der Waals surface area (Å²) in [6, 6.07) is 5.80. The lowest BCUT2D eigenvalue weighted by atomic mass is 9.92. The molecule has 2 amide bonds. The second kappa shape index (κ2) is 4.45. The molecule has 1 aromatic carbocycles. The van der Waals surface area contributed by atoms with Crippen LogP contribution in [-0.2, 0) is 16.6 Å². The molecule has 1 N–H and O–H groups in total. The van der Waals surface area contributed by atoms with Gasteiger partial charge in [0.15, 0.2) is 0 Å². The summed E-state index contributed by atoms with van der Waals surface area (Å²) >= 11 is 3.41. The zero-order valence-electron chi connectivity index (χ0n) is 10.3. The monoisotopic (exact) mass is 321 g/mol. The number of fused-ring (bicyclic) bond motifs is 1. The quantitative estimate of drug-likeness (QED) is 0.815. The van der Waals surface area contributed by atoms with Crippen LogP contribution in [0.25, 0.3) is 10.9 Å². The largest absolute Gasteiger partial charge is 0.296 e. The van der Waals surface area contributed by atoms with Gasteiger partial charge in [0.05, 0.1) is 17.1 Å². The van der Waals surface area contributed by atoms with E-state index in [1.54, 1.807) is 4.68 Å². The van der Waals surface area contributed by atoms with Crippen molar-refractivity contribution in [2.24, 2.45) is 7.05 Å². The summed E-state index contributed by atoms with van der Waals surface area (Å²) in [5.41, 5.74) is 1.71. The molecule has 0 spiro atoms. The van der Waals surface area contributed by atoms with E-state index in [4.69, 9.17) is 0 Å². The number of nitrogens with one attached hydrogen (secondary N) is 1. The van der Waals surface area contributed by atoms with Gasteiger partial charge in [-0.25, -0.2) is 0 Å². The zero-order valence-corrected chi connectivity index (χ0v) is 11.9. The summed E-state index contributed by atoms with van der Waals surface area (Å²) in [6.45, 7) is 0. The van der Waals surface area contributed by atoms with Crippen molar-refractivity contribution in [1.82, 2.24) is 15.1 Å². The first-order valence-electron chi connectivity index (χ1n) is 6.02. The fraction of sp³-hybridized carbons (Fsp3) is 0.308. The highest BCUT2D eigenvalue weighted by molar-refractivity contribution is 9.10. The molecule has 6 heteroatoms. The first kappa shape index (κ1) is 12.3. The van der Waals surface area contributed by atoms with Crippen LogP contribution in [-0.4, -0.2) is 21.6 Å². The number of halogens is 1. The molecule has 19 heavy (non-hydrogen) atoms. The molecule has 1 fully saturated rings. The summed E-state index contributed by atoms with van der Waals surface area (Å²) < 4.78 is 2.69. The molecule has 2 aromatic rings. The van der Waals surface area contributed by atoms with E-state index in [0.717, 1.165) is 21.1 Å². The molecule has 5 nitrogen and oxygen atoms in total. The second-order valence-corrected chi connectivity index (χ2v) is 5.59. The molecule has 0 radical (unpaired) electrons. The molecule has 1 unspecified atom stereocenters. The number of carbonyl (C=O) groups is 2. The van der Waals surface area contributed by atoms with Gasteiger partial charge in [-0.1, -0.05) is 15.9 Å². The lowest BCUT2D eigenvalue weighted by Gasteiger charge is -2.21. The number of amides is 2. The summed E-state index contributed by atoms with van der Waals surface area (Å²) in [5.74, 6) is -0.742. The van der Waals surface area contributed by atoms with Crippen LogP contribution in [0.2, 0.25) is 0 Å². The van der Waals surface area contributed by atoms with Crippen molar-refractivity contribution >= 4 is 38.6 Å². The van der Waals surface area contributed by atoms with Gasteiger partial charge >= 0.3 is 0 Å². The van der Waals surface area contributed by atoms with Crippen LogP contribution in [0, 0.1) is 0 Å². The summed E-state index contributed by atoms with van der Waals surface area (Å²) in [5, 5.41) is 7.78. The van der Waals surface area contributed by atoms with Crippen molar-refractivity contribution < 1.29 is 9.59 Å². The Morgan fingerprint density at radius 3 is 2.95 bits per heavy atom. The third kappa shape index (κ3) is 2.06. The van der Waals surface area contributed by atoms with Gasteiger partial charge in [0.1, 0.15) is 0 Å². The van der Waals surface area contributed by atoms with Crippen LogP contribution in [0.4, 0.5) is 0 Å². The number of rotatable bonds is 1. The minimum Gasteiger partial charge on any atom is -0.296 e. The Labute approximate surface area is 118 Å². The lowest BCUT2D eigenvalue weighted by Crippen LogP contribution is -2.40. The maximum Gasteiger partial charge on any atom is 0.235 e.